The Hall–Kier alpha value is -8.41. The lowest BCUT2D eigenvalue weighted by Gasteiger charge is -2.12. The molecular weight excluding hydrogens is 795 g/mol. The van der Waals surface area contributed by atoms with Crippen molar-refractivity contribution in [1.29, 1.82) is 0 Å². The summed E-state index contributed by atoms with van der Waals surface area (Å²) in [5.74, 6) is 2.45. The van der Waals surface area contributed by atoms with E-state index in [4.69, 9.17) is 9.97 Å². The van der Waals surface area contributed by atoms with E-state index in [-0.39, 0.29) is 18.5 Å². The summed E-state index contributed by atoms with van der Waals surface area (Å²) in [5.41, 5.74) is 10.5. The third kappa shape index (κ3) is 9.34. The third-order valence-corrected chi connectivity index (χ3v) is 10.1. The molecule has 0 spiro atoms. The average Bonchev–Trinajstić information content (AvgIpc) is 4.14. The van der Waals surface area contributed by atoms with Gasteiger partial charge >= 0.3 is 0 Å². The van der Waals surface area contributed by atoms with Gasteiger partial charge in [0.1, 0.15) is 17.8 Å². The van der Waals surface area contributed by atoms with Gasteiger partial charge in [0, 0.05) is 77.3 Å². The molecule has 316 valence electrons. The number of H-pyrrole nitrogens is 2. The van der Waals surface area contributed by atoms with Crippen LogP contribution >= 0.6 is 0 Å². The van der Waals surface area contributed by atoms with Crippen molar-refractivity contribution < 1.29 is 4.79 Å². The summed E-state index contributed by atoms with van der Waals surface area (Å²) in [5, 5.41) is 32.7. The topological polar surface area (TPSA) is 207 Å². The number of nitrogens with zero attached hydrogens (tertiary/aromatic N) is 12. The number of amides is 1. The number of anilines is 5. The van der Waals surface area contributed by atoms with Gasteiger partial charge in [-0.3, -0.25) is 33.2 Å². The summed E-state index contributed by atoms with van der Waals surface area (Å²) in [4.78, 5) is 31.2. The second-order valence-electron chi connectivity index (χ2n) is 15.4. The number of aryl methyl sites for hydroxylation is 4. The fraction of sp³-hybridized carbons (Fsp3) is 0.178. The Balaban J connectivity index is 0.000000160. The standard InChI is InChI=1S/C23H24N8.C22H21N9O/c1-15-9-21(29-28-15)27-23-26-20(11-22-25-16(2)13-30(22)23)19-12-24-31(14-19)17(3)10-18-7-5-4-6-8-18;1-14-8-19(29-28-14)27-22-26-18(9-20-24-15(2)11-31(20)22)16-10-23-30(12-16)13-21(32)25-17-6-4-3-5-7-17/h4-9,11-14,17H,10H2,1-3H3,(H2,26,27,28,29);3-12H,13H2,1-2H3,(H,25,32)(H2,26,27,28,29). The molecule has 63 heavy (non-hydrogen) atoms. The second-order valence-corrected chi connectivity index (χ2v) is 15.4. The van der Waals surface area contributed by atoms with Crippen LogP contribution in [0.5, 0.6) is 0 Å². The molecule has 2 aromatic carbocycles. The van der Waals surface area contributed by atoms with E-state index in [1.165, 1.54) is 5.56 Å². The van der Waals surface area contributed by atoms with E-state index in [1.807, 2.05) is 127 Å². The van der Waals surface area contributed by atoms with E-state index in [1.54, 1.807) is 17.1 Å². The average molecular weight is 840 g/mol. The first-order valence-corrected chi connectivity index (χ1v) is 20.4. The predicted octanol–water partition coefficient (Wildman–Crippen LogP) is 7.80. The van der Waals surface area contributed by atoms with E-state index in [0.717, 1.165) is 63.0 Å². The molecule has 10 rings (SSSR count). The van der Waals surface area contributed by atoms with Crippen LogP contribution in [-0.2, 0) is 17.8 Å². The van der Waals surface area contributed by atoms with Crippen molar-refractivity contribution in [3.05, 3.63) is 150 Å². The van der Waals surface area contributed by atoms with E-state index in [2.05, 4.69) is 87.7 Å². The number of hydrogen-bond acceptors (Lipinski definition) is 11. The SMILES string of the molecule is Cc1cn2c(Nc3cc(C)[nH]n3)nc(-c3cnn(C(C)Cc4ccccc4)c3)cc2n1.Cc1cn2c(Nc3cc(C)[nH]n3)nc(-c3cnn(CC(=O)Nc4ccccc4)c3)cc2n1. The first-order chi connectivity index (χ1) is 30.6. The van der Waals surface area contributed by atoms with Crippen molar-refractivity contribution in [2.45, 2.75) is 53.6 Å². The summed E-state index contributed by atoms with van der Waals surface area (Å²) in [6.07, 6.45) is 12.2. The zero-order valence-corrected chi connectivity index (χ0v) is 35.3. The molecule has 0 saturated heterocycles. The molecule has 10 aromatic rings. The van der Waals surface area contributed by atoms with Gasteiger partial charge < -0.3 is 16.0 Å². The highest BCUT2D eigenvalue weighted by Gasteiger charge is 2.16. The van der Waals surface area contributed by atoms with Crippen molar-refractivity contribution in [1.82, 2.24) is 68.7 Å². The number of aromatic nitrogens is 14. The van der Waals surface area contributed by atoms with Crippen LogP contribution in [0.15, 0.2) is 122 Å². The number of fused-ring (bicyclic) bond motifs is 2. The smallest absolute Gasteiger partial charge is 0.246 e. The number of nitrogens with one attached hydrogen (secondary N) is 5. The van der Waals surface area contributed by atoms with Crippen molar-refractivity contribution in [3.63, 3.8) is 0 Å². The van der Waals surface area contributed by atoms with Crippen LogP contribution in [0.1, 0.15) is 41.3 Å². The molecule has 0 aliphatic carbocycles. The van der Waals surface area contributed by atoms with Crippen LogP contribution in [-0.4, -0.2) is 74.6 Å². The lowest BCUT2D eigenvalue weighted by Crippen LogP contribution is -2.18. The van der Waals surface area contributed by atoms with Crippen molar-refractivity contribution in [2.75, 3.05) is 16.0 Å². The van der Waals surface area contributed by atoms with Gasteiger partial charge in [0.05, 0.1) is 41.2 Å². The maximum Gasteiger partial charge on any atom is 0.246 e. The lowest BCUT2D eigenvalue weighted by atomic mass is 10.1. The van der Waals surface area contributed by atoms with E-state index >= 15 is 0 Å². The minimum atomic E-state index is -0.158. The molecule has 0 aliphatic rings. The van der Waals surface area contributed by atoms with E-state index in [0.29, 0.717) is 29.2 Å². The van der Waals surface area contributed by atoms with Crippen molar-refractivity contribution >= 4 is 46.4 Å². The highest BCUT2D eigenvalue weighted by Crippen LogP contribution is 2.26. The number of benzene rings is 2. The largest absolute Gasteiger partial charge is 0.324 e. The fourth-order valence-corrected chi connectivity index (χ4v) is 7.10. The van der Waals surface area contributed by atoms with Gasteiger partial charge in [-0.1, -0.05) is 48.5 Å². The molecule has 8 aromatic heterocycles. The predicted molar refractivity (Wildman–Crippen MR) is 241 cm³/mol. The zero-order valence-electron chi connectivity index (χ0n) is 35.3. The molecule has 0 bridgehead atoms. The van der Waals surface area contributed by atoms with Crippen LogP contribution in [0.3, 0.4) is 0 Å². The maximum atomic E-state index is 12.3. The van der Waals surface area contributed by atoms with Gasteiger partial charge in [-0.2, -0.15) is 20.4 Å². The highest BCUT2D eigenvalue weighted by molar-refractivity contribution is 5.90. The number of carbonyl (C=O) groups is 1. The molecule has 1 unspecified atom stereocenters. The van der Waals surface area contributed by atoms with Gasteiger partial charge in [0.15, 0.2) is 11.6 Å². The monoisotopic (exact) mass is 839 g/mol. The molecule has 1 atom stereocenters. The molecular formula is C45H45N17O. The molecule has 5 N–H and O–H groups in total. The highest BCUT2D eigenvalue weighted by atomic mass is 16.2. The van der Waals surface area contributed by atoms with Crippen LogP contribution in [0.4, 0.5) is 29.2 Å². The molecule has 0 radical (unpaired) electrons. The number of hydrogen-bond donors (Lipinski definition) is 5. The minimum absolute atomic E-state index is 0.0945. The van der Waals surface area contributed by atoms with Crippen molar-refractivity contribution in [2.24, 2.45) is 0 Å². The Labute approximate surface area is 361 Å². The van der Waals surface area contributed by atoms with E-state index < -0.39 is 0 Å². The zero-order chi connectivity index (χ0) is 43.5. The third-order valence-electron chi connectivity index (χ3n) is 10.1. The summed E-state index contributed by atoms with van der Waals surface area (Å²) in [7, 11) is 0. The molecule has 0 fully saturated rings. The fourth-order valence-electron chi connectivity index (χ4n) is 7.10. The Kier molecular flexibility index (Phi) is 11.0. The van der Waals surface area contributed by atoms with Gasteiger partial charge in [-0.05, 0) is 58.7 Å². The Morgan fingerprint density at radius 3 is 1.75 bits per heavy atom. The van der Waals surface area contributed by atoms with Crippen LogP contribution in [0, 0.1) is 27.7 Å². The summed E-state index contributed by atoms with van der Waals surface area (Å²) < 4.78 is 7.39. The quantitative estimate of drug-likeness (QED) is 0.0803. The van der Waals surface area contributed by atoms with E-state index in [9.17, 15) is 4.79 Å². The number of aromatic amines is 2. The minimum Gasteiger partial charge on any atom is -0.324 e. The molecule has 8 heterocycles. The number of imidazole rings is 2. The number of carbonyl (C=O) groups excluding carboxylic acids is 1. The molecule has 0 saturated carbocycles. The summed E-state index contributed by atoms with van der Waals surface area (Å²) in [6, 6.07) is 27.7. The number of para-hydroxylation sites is 1. The van der Waals surface area contributed by atoms with Gasteiger partial charge in [0.2, 0.25) is 17.8 Å². The molecule has 18 heteroatoms. The first kappa shape index (κ1) is 40.0. The van der Waals surface area contributed by atoms with Gasteiger partial charge in [-0.25, -0.2) is 19.9 Å². The lowest BCUT2D eigenvalue weighted by molar-refractivity contribution is -0.116. The number of rotatable bonds is 12. The van der Waals surface area contributed by atoms with Crippen molar-refractivity contribution in [3.8, 4) is 22.5 Å². The van der Waals surface area contributed by atoms with Crippen LogP contribution in [0.25, 0.3) is 33.8 Å². The first-order valence-electron chi connectivity index (χ1n) is 20.4. The summed E-state index contributed by atoms with van der Waals surface area (Å²) >= 11 is 0. The van der Waals surface area contributed by atoms with Crippen LogP contribution < -0.4 is 16.0 Å². The normalized spacial score (nSPS) is 11.7. The Morgan fingerprint density at radius 1 is 0.651 bits per heavy atom. The molecule has 0 aliphatic heterocycles. The second kappa shape index (κ2) is 17.3. The Bertz CT molecular complexity index is 3150. The summed E-state index contributed by atoms with van der Waals surface area (Å²) in [6.45, 7) is 10.1. The maximum absolute atomic E-state index is 12.3. The Morgan fingerprint density at radius 2 is 1.19 bits per heavy atom. The molecule has 1 amide bonds. The molecule has 18 nitrogen and oxygen atoms in total. The van der Waals surface area contributed by atoms with Gasteiger partial charge in [0.25, 0.3) is 0 Å². The van der Waals surface area contributed by atoms with Crippen LogP contribution in [0.2, 0.25) is 0 Å². The van der Waals surface area contributed by atoms with Gasteiger partial charge in [-0.15, -0.1) is 0 Å².